The van der Waals surface area contributed by atoms with E-state index < -0.39 is 0 Å². The Hall–Kier alpha value is -2.80. The maximum atomic E-state index is 12.1. The topological polar surface area (TPSA) is 81.2 Å². The molecule has 0 amide bonds. The lowest BCUT2D eigenvalue weighted by Crippen LogP contribution is -2.03. The van der Waals surface area contributed by atoms with Gasteiger partial charge in [-0.1, -0.05) is 0 Å². The third kappa shape index (κ3) is 3.36. The monoisotopic (exact) mass is 355 g/mol. The SMILES string of the molecule is CCOC(=O)c1sc2ncnc(Nc3ccc(C(C)=O)cc3)c2c1C. The van der Waals surface area contributed by atoms with Crippen molar-refractivity contribution in [1.82, 2.24) is 9.97 Å². The molecule has 7 heteroatoms. The zero-order chi connectivity index (χ0) is 18.0. The molecule has 6 nitrogen and oxygen atoms in total. The molecular formula is C18H17N3O3S. The van der Waals surface area contributed by atoms with E-state index in [1.54, 1.807) is 19.1 Å². The van der Waals surface area contributed by atoms with Gasteiger partial charge in [-0.3, -0.25) is 4.79 Å². The van der Waals surface area contributed by atoms with Crippen LogP contribution in [0.15, 0.2) is 30.6 Å². The number of aromatic nitrogens is 2. The lowest BCUT2D eigenvalue weighted by atomic mass is 10.1. The van der Waals surface area contributed by atoms with Gasteiger partial charge in [0.25, 0.3) is 0 Å². The van der Waals surface area contributed by atoms with Crippen molar-refractivity contribution in [3.63, 3.8) is 0 Å². The second-order valence-corrected chi connectivity index (χ2v) is 6.44. The number of nitrogens with zero attached hydrogens (tertiary/aromatic N) is 2. The van der Waals surface area contributed by atoms with E-state index in [9.17, 15) is 9.59 Å². The molecule has 0 fully saturated rings. The fourth-order valence-corrected chi connectivity index (χ4v) is 3.53. The van der Waals surface area contributed by atoms with E-state index in [0.717, 1.165) is 21.5 Å². The number of ether oxygens (including phenoxy) is 1. The van der Waals surface area contributed by atoms with E-state index in [1.165, 1.54) is 24.6 Å². The van der Waals surface area contributed by atoms with E-state index in [0.29, 0.717) is 22.9 Å². The number of anilines is 2. The number of fused-ring (bicyclic) bond motifs is 1. The summed E-state index contributed by atoms with van der Waals surface area (Å²) >= 11 is 1.29. The van der Waals surface area contributed by atoms with Crippen molar-refractivity contribution in [3.05, 3.63) is 46.6 Å². The number of ketones is 1. The number of aryl methyl sites for hydroxylation is 1. The molecule has 2 heterocycles. The van der Waals surface area contributed by atoms with E-state index in [-0.39, 0.29) is 11.8 Å². The van der Waals surface area contributed by atoms with Gasteiger partial charge in [0, 0.05) is 11.3 Å². The van der Waals surface area contributed by atoms with Crippen molar-refractivity contribution in [2.45, 2.75) is 20.8 Å². The van der Waals surface area contributed by atoms with Crippen LogP contribution < -0.4 is 5.32 Å². The molecule has 1 N–H and O–H groups in total. The van der Waals surface area contributed by atoms with Crippen LogP contribution in [0, 0.1) is 6.92 Å². The van der Waals surface area contributed by atoms with Crippen molar-refractivity contribution in [1.29, 1.82) is 0 Å². The summed E-state index contributed by atoms with van der Waals surface area (Å²) in [4.78, 5) is 33.3. The van der Waals surface area contributed by atoms with Gasteiger partial charge in [-0.25, -0.2) is 14.8 Å². The van der Waals surface area contributed by atoms with Crippen LogP contribution in [0.25, 0.3) is 10.2 Å². The maximum absolute atomic E-state index is 12.1. The van der Waals surface area contributed by atoms with E-state index in [4.69, 9.17) is 4.74 Å². The van der Waals surface area contributed by atoms with Gasteiger partial charge < -0.3 is 10.1 Å². The van der Waals surface area contributed by atoms with Crippen LogP contribution in [0.1, 0.15) is 39.4 Å². The molecule has 2 aromatic heterocycles. The standard InChI is InChI=1S/C18H17N3O3S/c1-4-24-18(23)15-10(2)14-16(19-9-20-17(14)25-15)21-13-7-5-12(6-8-13)11(3)22/h5-9H,4H2,1-3H3,(H,19,20,21). The average molecular weight is 355 g/mol. The van der Waals surface area contributed by atoms with Crippen LogP contribution in [-0.4, -0.2) is 28.3 Å². The van der Waals surface area contributed by atoms with Gasteiger partial charge in [0.1, 0.15) is 21.9 Å². The number of hydrogen-bond acceptors (Lipinski definition) is 7. The highest BCUT2D eigenvalue weighted by molar-refractivity contribution is 7.20. The molecule has 0 atom stereocenters. The van der Waals surface area contributed by atoms with Crippen molar-refractivity contribution in [2.75, 3.05) is 11.9 Å². The third-order valence-electron chi connectivity index (χ3n) is 3.74. The van der Waals surface area contributed by atoms with E-state index >= 15 is 0 Å². The molecule has 0 unspecified atom stereocenters. The third-order valence-corrected chi connectivity index (χ3v) is 4.92. The molecule has 3 rings (SSSR count). The number of rotatable bonds is 5. The summed E-state index contributed by atoms with van der Waals surface area (Å²) in [6.45, 7) is 5.49. The molecular weight excluding hydrogens is 338 g/mol. The summed E-state index contributed by atoms with van der Waals surface area (Å²) < 4.78 is 5.10. The number of esters is 1. The highest BCUT2D eigenvalue weighted by Gasteiger charge is 2.20. The Balaban J connectivity index is 1.99. The molecule has 0 aliphatic carbocycles. The number of benzene rings is 1. The minimum absolute atomic E-state index is 0.0173. The first-order valence-corrected chi connectivity index (χ1v) is 8.62. The number of nitrogens with one attached hydrogen (secondary N) is 1. The van der Waals surface area contributed by atoms with Crippen LogP contribution in [0.3, 0.4) is 0 Å². The van der Waals surface area contributed by atoms with Crippen LogP contribution in [0.4, 0.5) is 11.5 Å². The summed E-state index contributed by atoms with van der Waals surface area (Å²) in [6, 6.07) is 7.15. The summed E-state index contributed by atoms with van der Waals surface area (Å²) in [5, 5.41) is 4.03. The Bertz CT molecular complexity index is 948. The van der Waals surface area contributed by atoms with Gasteiger partial charge in [0.2, 0.25) is 0 Å². The van der Waals surface area contributed by atoms with Crippen molar-refractivity contribution < 1.29 is 14.3 Å². The summed E-state index contributed by atoms with van der Waals surface area (Å²) in [5.74, 6) is 0.286. The van der Waals surface area contributed by atoms with Crippen LogP contribution in [-0.2, 0) is 4.74 Å². The van der Waals surface area contributed by atoms with E-state index in [2.05, 4.69) is 15.3 Å². The number of hydrogen-bond donors (Lipinski definition) is 1. The zero-order valence-corrected chi connectivity index (χ0v) is 14.9. The Morgan fingerprint density at radius 2 is 1.92 bits per heavy atom. The first-order valence-electron chi connectivity index (χ1n) is 7.80. The number of carbonyl (C=O) groups excluding carboxylic acids is 2. The Morgan fingerprint density at radius 1 is 1.20 bits per heavy atom. The molecule has 0 aliphatic heterocycles. The van der Waals surface area contributed by atoms with Crippen LogP contribution in [0.2, 0.25) is 0 Å². The van der Waals surface area contributed by atoms with Crippen molar-refractivity contribution in [3.8, 4) is 0 Å². The number of Topliss-reactive ketones (excluding diaryl/α,β-unsaturated/α-hetero) is 1. The highest BCUT2D eigenvalue weighted by Crippen LogP contribution is 2.34. The zero-order valence-electron chi connectivity index (χ0n) is 14.1. The number of thiophene rings is 1. The van der Waals surface area contributed by atoms with Gasteiger partial charge in [0.05, 0.1) is 12.0 Å². The Kier molecular flexibility index (Phi) is 4.76. The second-order valence-electron chi connectivity index (χ2n) is 5.44. The second kappa shape index (κ2) is 6.98. The quantitative estimate of drug-likeness (QED) is 0.548. The van der Waals surface area contributed by atoms with E-state index in [1.807, 2.05) is 19.1 Å². The van der Waals surface area contributed by atoms with Gasteiger partial charge in [-0.15, -0.1) is 11.3 Å². The minimum Gasteiger partial charge on any atom is -0.462 e. The smallest absolute Gasteiger partial charge is 0.348 e. The molecule has 0 saturated heterocycles. The molecule has 0 saturated carbocycles. The van der Waals surface area contributed by atoms with Crippen molar-refractivity contribution >= 4 is 44.8 Å². The largest absolute Gasteiger partial charge is 0.462 e. The van der Waals surface area contributed by atoms with Gasteiger partial charge in [-0.05, 0) is 50.6 Å². The Morgan fingerprint density at radius 3 is 2.56 bits per heavy atom. The average Bonchev–Trinajstić information content (AvgIpc) is 2.94. The van der Waals surface area contributed by atoms with Crippen molar-refractivity contribution in [2.24, 2.45) is 0 Å². The van der Waals surface area contributed by atoms with Gasteiger partial charge >= 0.3 is 5.97 Å². The first kappa shape index (κ1) is 17.0. The summed E-state index contributed by atoms with van der Waals surface area (Å²) in [5.41, 5.74) is 2.24. The van der Waals surface area contributed by atoms with Gasteiger partial charge in [0.15, 0.2) is 5.78 Å². The number of carbonyl (C=O) groups is 2. The van der Waals surface area contributed by atoms with Crippen LogP contribution in [0.5, 0.6) is 0 Å². The van der Waals surface area contributed by atoms with Crippen LogP contribution >= 0.6 is 11.3 Å². The maximum Gasteiger partial charge on any atom is 0.348 e. The molecule has 1 aromatic carbocycles. The molecule has 25 heavy (non-hydrogen) atoms. The summed E-state index contributed by atoms with van der Waals surface area (Å²) in [6.07, 6.45) is 1.46. The lowest BCUT2D eigenvalue weighted by Gasteiger charge is -2.08. The Labute approximate surface area is 148 Å². The molecule has 0 aliphatic rings. The normalized spacial score (nSPS) is 10.7. The first-order chi connectivity index (χ1) is 12.0. The predicted molar refractivity (Wildman–Crippen MR) is 97.8 cm³/mol. The predicted octanol–water partition coefficient (Wildman–Crippen LogP) is 4.12. The highest BCUT2D eigenvalue weighted by atomic mass is 32.1. The molecule has 0 bridgehead atoms. The molecule has 0 spiro atoms. The fraction of sp³-hybridized carbons (Fsp3) is 0.222. The fourth-order valence-electron chi connectivity index (χ4n) is 2.48. The van der Waals surface area contributed by atoms with Gasteiger partial charge in [-0.2, -0.15) is 0 Å². The molecule has 128 valence electrons. The molecule has 0 radical (unpaired) electrons. The summed E-state index contributed by atoms with van der Waals surface area (Å²) in [7, 11) is 0. The molecule has 3 aromatic rings. The minimum atomic E-state index is -0.347. The lowest BCUT2D eigenvalue weighted by molar-refractivity contribution is 0.0531.